The summed E-state index contributed by atoms with van der Waals surface area (Å²) in [6.45, 7) is 4.76. The Morgan fingerprint density at radius 2 is 1.63 bits per heavy atom. The minimum atomic E-state index is -0.430. The molecule has 1 heterocycles. The van der Waals surface area contributed by atoms with Crippen LogP contribution in [0, 0.1) is 0 Å². The lowest BCUT2D eigenvalue weighted by Crippen LogP contribution is -2.27. The number of anilines is 2. The number of phenols is 1. The van der Waals surface area contributed by atoms with E-state index in [1.165, 1.54) is 0 Å². The van der Waals surface area contributed by atoms with E-state index in [4.69, 9.17) is 14.2 Å². The smallest absolute Gasteiger partial charge is 0.172 e. The van der Waals surface area contributed by atoms with Gasteiger partial charge in [0, 0.05) is 17.7 Å². The minimum Gasteiger partial charge on any atom is -0.503 e. The first-order chi connectivity index (χ1) is 18.4. The second kappa shape index (κ2) is 11.0. The lowest BCUT2D eigenvalue weighted by Gasteiger charge is -2.30. The fourth-order valence-electron chi connectivity index (χ4n) is 5.22. The van der Waals surface area contributed by atoms with Crippen LogP contribution in [0.4, 0.5) is 11.4 Å². The molecule has 1 aliphatic heterocycles. The first-order valence-electron chi connectivity index (χ1n) is 12.8. The number of allylic oxidation sites excluding steroid dienone is 1. The van der Waals surface area contributed by atoms with Crippen LogP contribution in [0.2, 0.25) is 0 Å². The van der Waals surface area contributed by atoms with Crippen LogP contribution in [0.15, 0.2) is 70.3 Å². The van der Waals surface area contributed by atoms with Crippen molar-refractivity contribution in [3.8, 4) is 23.0 Å². The molecule has 7 nitrogen and oxygen atoms in total. The molecule has 0 amide bonds. The molecule has 2 unspecified atom stereocenters. The maximum atomic E-state index is 13.9. The van der Waals surface area contributed by atoms with Crippen LogP contribution in [-0.4, -0.2) is 31.2 Å². The van der Waals surface area contributed by atoms with Gasteiger partial charge >= 0.3 is 0 Å². The van der Waals surface area contributed by atoms with Crippen LogP contribution >= 0.6 is 15.9 Å². The molecule has 3 aromatic carbocycles. The Balaban J connectivity index is 1.59. The summed E-state index contributed by atoms with van der Waals surface area (Å²) in [7, 11) is 1.63. The van der Waals surface area contributed by atoms with Gasteiger partial charge in [-0.2, -0.15) is 0 Å². The van der Waals surface area contributed by atoms with Gasteiger partial charge in [-0.3, -0.25) is 4.79 Å². The minimum absolute atomic E-state index is 0.0187. The van der Waals surface area contributed by atoms with E-state index >= 15 is 0 Å². The van der Waals surface area contributed by atoms with Crippen molar-refractivity contribution in [2.75, 3.05) is 31.0 Å². The van der Waals surface area contributed by atoms with Gasteiger partial charge in [0.25, 0.3) is 0 Å². The van der Waals surface area contributed by atoms with E-state index in [2.05, 4.69) is 26.6 Å². The molecule has 3 N–H and O–H groups in total. The zero-order valence-corrected chi connectivity index (χ0v) is 23.2. The van der Waals surface area contributed by atoms with Gasteiger partial charge in [0.05, 0.1) is 42.2 Å². The van der Waals surface area contributed by atoms with Gasteiger partial charge in [0.2, 0.25) is 0 Å². The Labute approximate surface area is 230 Å². The number of phenolic OH excluding ortho intramolecular Hbond substituents is 1. The fraction of sp³-hybridized carbons (Fsp3) is 0.300. The molecule has 5 rings (SSSR count). The second-order valence-corrected chi connectivity index (χ2v) is 10.1. The van der Waals surface area contributed by atoms with Crippen molar-refractivity contribution in [1.82, 2.24) is 0 Å². The predicted octanol–water partition coefficient (Wildman–Crippen LogP) is 6.94. The highest BCUT2D eigenvalue weighted by Gasteiger charge is 2.36. The molecular formula is C30H31BrN2O5. The van der Waals surface area contributed by atoms with Crippen LogP contribution in [0.3, 0.4) is 0 Å². The molecule has 0 saturated heterocycles. The maximum Gasteiger partial charge on any atom is 0.172 e. The van der Waals surface area contributed by atoms with Gasteiger partial charge in [-0.15, -0.1) is 0 Å². The number of para-hydroxylation sites is 2. The quantitative estimate of drug-likeness (QED) is 0.280. The number of hydrogen-bond acceptors (Lipinski definition) is 7. The normalized spacial score (nSPS) is 18.5. The molecule has 0 aromatic heterocycles. The molecule has 0 fully saturated rings. The molecule has 38 heavy (non-hydrogen) atoms. The average molecular weight is 579 g/mol. The number of Topliss-reactive ketones (excluding diaryl/α,β-unsaturated/α-hetero) is 1. The van der Waals surface area contributed by atoms with E-state index in [1.807, 2.05) is 62.4 Å². The number of nitrogens with one attached hydrogen (secondary N) is 2. The van der Waals surface area contributed by atoms with E-state index in [0.29, 0.717) is 53.3 Å². The maximum absolute atomic E-state index is 13.9. The Kier molecular flexibility index (Phi) is 7.51. The lowest BCUT2D eigenvalue weighted by atomic mass is 9.78. The number of carbonyl (C=O) groups excluding carboxylic acids is 1. The average Bonchev–Trinajstić information content (AvgIpc) is 3.08. The summed E-state index contributed by atoms with van der Waals surface area (Å²) in [4.78, 5) is 13.9. The molecular weight excluding hydrogens is 548 g/mol. The van der Waals surface area contributed by atoms with Crippen molar-refractivity contribution in [1.29, 1.82) is 0 Å². The highest BCUT2D eigenvalue weighted by atomic mass is 79.9. The van der Waals surface area contributed by atoms with E-state index in [9.17, 15) is 9.90 Å². The third-order valence-corrected chi connectivity index (χ3v) is 7.56. The van der Waals surface area contributed by atoms with Gasteiger partial charge in [-0.25, -0.2) is 0 Å². The van der Waals surface area contributed by atoms with Gasteiger partial charge < -0.3 is 30.0 Å². The van der Waals surface area contributed by atoms with Crippen molar-refractivity contribution in [3.63, 3.8) is 0 Å². The predicted molar refractivity (Wildman–Crippen MR) is 152 cm³/mol. The highest BCUT2D eigenvalue weighted by molar-refractivity contribution is 9.10. The number of fused-ring (bicyclic) bond motifs is 1. The van der Waals surface area contributed by atoms with Crippen molar-refractivity contribution in [2.24, 2.45) is 0 Å². The van der Waals surface area contributed by atoms with Gasteiger partial charge in [-0.1, -0.05) is 18.2 Å². The summed E-state index contributed by atoms with van der Waals surface area (Å²) in [6, 6.07) is 17.0. The van der Waals surface area contributed by atoms with Crippen molar-refractivity contribution >= 4 is 33.1 Å². The summed E-state index contributed by atoms with van der Waals surface area (Å²) in [5.74, 6) is 1.80. The number of aromatic hydroxyl groups is 1. The van der Waals surface area contributed by atoms with E-state index in [1.54, 1.807) is 13.2 Å². The summed E-state index contributed by atoms with van der Waals surface area (Å²) in [5, 5.41) is 17.6. The molecule has 3 aromatic rings. The largest absolute Gasteiger partial charge is 0.503 e. The third-order valence-electron chi connectivity index (χ3n) is 6.95. The first kappa shape index (κ1) is 26.0. The number of carbonyl (C=O) groups is 1. The Hall–Kier alpha value is -3.65. The number of benzene rings is 3. The molecule has 0 saturated carbocycles. The van der Waals surface area contributed by atoms with Crippen LogP contribution in [0.1, 0.15) is 49.8 Å². The van der Waals surface area contributed by atoms with Crippen LogP contribution in [-0.2, 0) is 4.79 Å². The molecule has 2 aliphatic rings. The summed E-state index contributed by atoms with van der Waals surface area (Å²) >= 11 is 3.46. The Morgan fingerprint density at radius 3 is 2.37 bits per heavy atom. The van der Waals surface area contributed by atoms with E-state index in [0.717, 1.165) is 28.2 Å². The molecule has 0 radical (unpaired) electrons. The number of halogens is 1. The number of hydrogen-bond donors (Lipinski definition) is 3. The monoisotopic (exact) mass is 578 g/mol. The zero-order valence-electron chi connectivity index (χ0n) is 21.6. The second-order valence-electron chi connectivity index (χ2n) is 9.29. The number of ether oxygens (including phenoxy) is 3. The van der Waals surface area contributed by atoms with Crippen LogP contribution < -0.4 is 24.8 Å². The number of ketones is 1. The lowest BCUT2D eigenvalue weighted by molar-refractivity contribution is -0.116. The topological polar surface area (TPSA) is 89.1 Å². The molecule has 0 bridgehead atoms. The van der Waals surface area contributed by atoms with Crippen molar-refractivity contribution in [3.05, 3.63) is 81.5 Å². The molecule has 8 heteroatoms. The van der Waals surface area contributed by atoms with E-state index < -0.39 is 6.04 Å². The molecule has 2 atom stereocenters. The Morgan fingerprint density at radius 1 is 0.921 bits per heavy atom. The van der Waals surface area contributed by atoms with Crippen LogP contribution in [0.5, 0.6) is 23.0 Å². The Bertz CT molecular complexity index is 1400. The zero-order chi connectivity index (χ0) is 26.8. The molecule has 0 spiro atoms. The van der Waals surface area contributed by atoms with Crippen LogP contribution in [0.25, 0.3) is 0 Å². The van der Waals surface area contributed by atoms with Crippen molar-refractivity contribution in [2.45, 2.75) is 38.6 Å². The standard InChI is InChI=1S/C30H31BrN2O5/c1-4-37-25-11-10-17(15-26(25)36-3)18-13-23-28(24(34)14-18)29(33-22-9-7-6-8-21(22)32-23)19-12-20(31)30(35)27(16-19)38-5-2/h6-12,15-16,18,29,32-33,35H,4-5,13-14H2,1-3H3. The summed E-state index contributed by atoms with van der Waals surface area (Å²) < 4.78 is 17.5. The number of methoxy groups -OCH3 is 1. The van der Waals surface area contributed by atoms with E-state index in [-0.39, 0.29) is 17.5 Å². The molecule has 1 aliphatic carbocycles. The third kappa shape index (κ3) is 4.92. The number of rotatable bonds is 7. The summed E-state index contributed by atoms with van der Waals surface area (Å²) in [5.41, 5.74) is 5.21. The fourth-order valence-corrected chi connectivity index (χ4v) is 5.68. The SMILES string of the molecule is CCOc1ccc(C2CC(=O)C3=C(C2)Nc2ccccc2NC3c2cc(Br)c(O)c(OCC)c2)cc1OC. The summed E-state index contributed by atoms with van der Waals surface area (Å²) in [6.07, 6.45) is 1.02. The highest BCUT2D eigenvalue weighted by Crippen LogP contribution is 2.47. The van der Waals surface area contributed by atoms with Crippen molar-refractivity contribution < 1.29 is 24.1 Å². The first-order valence-corrected chi connectivity index (χ1v) is 13.6. The van der Waals surface area contributed by atoms with Gasteiger partial charge in [0.15, 0.2) is 28.8 Å². The van der Waals surface area contributed by atoms with Gasteiger partial charge in [0.1, 0.15) is 0 Å². The molecule has 198 valence electrons. The van der Waals surface area contributed by atoms with Gasteiger partial charge in [-0.05, 0) is 89.6 Å².